The molecule has 0 bridgehead atoms. The van der Waals surface area contributed by atoms with Crippen molar-refractivity contribution in [1.82, 2.24) is 5.32 Å². The van der Waals surface area contributed by atoms with Crippen LogP contribution in [0.5, 0.6) is 0 Å². The lowest BCUT2D eigenvalue weighted by Gasteiger charge is -2.14. The van der Waals surface area contributed by atoms with Crippen molar-refractivity contribution in [2.75, 3.05) is 6.54 Å². The highest BCUT2D eigenvalue weighted by Gasteiger charge is 2.09. The minimum Gasteiger partial charge on any atom is -0.387 e. The Labute approximate surface area is 119 Å². The van der Waals surface area contributed by atoms with Gasteiger partial charge in [-0.2, -0.15) is 5.26 Å². The van der Waals surface area contributed by atoms with Crippen LogP contribution >= 0.6 is 0 Å². The predicted octanol–water partition coefficient (Wildman–Crippen LogP) is 2.69. The molecule has 1 unspecified atom stereocenters. The van der Waals surface area contributed by atoms with E-state index < -0.39 is 6.10 Å². The standard InChI is InChI=1S/C17H18N2O/c1-13-5-2-3-8-16(13)17(20)12-19-11-15-7-4-6-14(9-15)10-18/h2-9,17,19-20H,11-12H2,1H3. The largest absolute Gasteiger partial charge is 0.387 e. The highest BCUT2D eigenvalue weighted by Crippen LogP contribution is 2.16. The van der Waals surface area contributed by atoms with Gasteiger partial charge >= 0.3 is 0 Å². The molecule has 2 aromatic rings. The number of benzene rings is 2. The maximum Gasteiger partial charge on any atom is 0.0991 e. The fourth-order valence-corrected chi connectivity index (χ4v) is 2.17. The van der Waals surface area contributed by atoms with E-state index in [9.17, 15) is 5.11 Å². The summed E-state index contributed by atoms with van der Waals surface area (Å²) in [6.07, 6.45) is -0.518. The van der Waals surface area contributed by atoms with Gasteiger partial charge in [0, 0.05) is 13.1 Å². The lowest BCUT2D eigenvalue weighted by atomic mass is 10.0. The third-order valence-electron chi connectivity index (χ3n) is 3.27. The zero-order valence-corrected chi connectivity index (χ0v) is 11.5. The Hall–Kier alpha value is -2.15. The van der Waals surface area contributed by atoms with Crippen LogP contribution in [0.15, 0.2) is 48.5 Å². The lowest BCUT2D eigenvalue weighted by molar-refractivity contribution is 0.173. The predicted molar refractivity (Wildman–Crippen MR) is 79.0 cm³/mol. The van der Waals surface area contributed by atoms with Crippen molar-refractivity contribution in [2.24, 2.45) is 0 Å². The molecule has 0 aliphatic rings. The van der Waals surface area contributed by atoms with Gasteiger partial charge in [-0.1, -0.05) is 36.4 Å². The molecule has 0 spiro atoms. The van der Waals surface area contributed by atoms with Crippen LogP contribution < -0.4 is 5.32 Å². The maximum atomic E-state index is 10.2. The number of aliphatic hydroxyl groups is 1. The van der Waals surface area contributed by atoms with E-state index in [-0.39, 0.29) is 0 Å². The summed E-state index contributed by atoms with van der Waals surface area (Å²) in [6, 6.07) is 17.4. The minimum absolute atomic E-state index is 0.488. The van der Waals surface area contributed by atoms with Crippen LogP contribution in [-0.4, -0.2) is 11.7 Å². The van der Waals surface area contributed by atoms with Gasteiger partial charge in [-0.3, -0.25) is 0 Å². The first-order valence-corrected chi connectivity index (χ1v) is 6.64. The van der Waals surface area contributed by atoms with E-state index in [0.29, 0.717) is 18.7 Å². The highest BCUT2D eigenvalue weighted by atomic mass is 16.3. The van der Waals surface area contributed by atoms with E-state index in [4.69, 9.17) is 5.26 Å². The summed E-state index contributed by atoms with van der Waals surface area (Å²) in [5, 5.41) is 22.2. The van der Waals surface area contributed by atoms with Gasteiger partial charge in [0.15, 0.2) is 0 Å². The van der Waals surface area contributed by atoms with Crippen molar-refractivity contribution in [3.63, 3.8) is 0 Å². The van der Waals surface area contributed by atoms with Gasteiger partial charge in [0.25, 0.3) is 0 Å². The molecule has 0 aliphatic carbocycles. The molecule has 3 heteroatoms. The maximum absolute atomic E-state index is 10.2. The highest BCUT2D eigenvalue weighted by molar-refractivity contribution is 5.32. The topological polar surface area (TPSA) is 56.0 Å². The number of hydrogen-bond donors (Lipinski definition) is 2. The normalized spacial score (nSPS) is 11.8. The Morgan fingerprint density at radius 3 is 2.75 bits per heavy atom. The van der Waals surface area contributed by atoms with Gasteiger partial charge in [-0.25, -0.2) is 0 Å². The number of rotatable bonds is 5. The second-order valence-electron chi connectivity index (χ2n) is 4.82. The first-order chi connectivity index (χ1) is 9.70. The van der Waals surface area contributed by atoms with Gasteiger partial charge in [-0.15, -0.1) is 0 Å². The SMILES string of the molecule is Cc1ccccc1C(O)CNCc1cccc(C#N)c1. The van der Waals surface area contributed by atoms with Crippen LogP contribution in [0.1, 0.15) is 28.4 Å². The van der Waals surface area contributed by atoms with E-state index in [1.54, 1.807) is 6.07 Å². The van der Waals surface area contributed by atoms with E-state index in [2.05, 4.69) is 11.4 Å². The van der Waals surface area contributed by atoms with Crippen LogP contribution in [0.3, 0.4) is 0 Å². The molecule has 0 saturated heterocycles. The monoisotopic (exact) mass is 266 g/mol. The quantitative estimate of drug-likeness (QED) is 0.874. The summed E-state index contributed by atoms with van der Waals surface area (Å²) < 4.78 is 0. The molecular formula is C17H18N2O. The molecule has 3 nitrogen and oxygen atoms in total. The van der Waals surface area contributed by atoms with Crippen LogP contribution in [0.25, 0.3) is 0 Å². The summed E-state index contributed by atoms with van der Waals surface area (Å²) in [7, 11) is 0. The molecule has 0 radical (unpaired) electrons. The average Bonchev–Trinajstić information content (AvgIpc) is 2.48. The van der Waals surface area contributed by atoms with Crippen LogP contribution in [0, 0.1) is 18.3 Å². The smallest absolute Gasteiger partial charge is 0.0991 e. The molecule has 20 heavy (non-hydrogen) atoms. The Kier molecular flexibility index (Phi) is 4.89. The molecule has 0 heterocycles. The molecule has 0 aliphatic heterocycles. The van der Waals surface area contributed by atoms with Crippen LogP contribution in [0.2, 0.25) is 0 Å². The number of nitrogens with zero attached hydrogens (tertiary/aromatic N) is 1. The van der Waals surface area contributed by atoms with Crippen LogP contribution in [0.4, 0.5) is 0 Å². The third-order valence-corrected chi connectivity index (χ3v) is 3.27. The number of aryl methyl sites for hydroxylation is 1. The van der Waals surface area contributed by atoms with Gasteiger partial charge in [0.2, 0.25) is 0 Å². The Bertz CT molecular complexity index is 616. The molecule has 2 aromatic carbocycles. The average molecular weight is 266 g/mol. The third kappa shape index (κ3) is 3.67. The molecular weight excluding hydrogens is 248 g/mol. The summed E-state index contributed by atoms with van der Waals surface area (Å²) in [4.78, 5) is 0. The lowest BCUT2D eigenvalue weighted by Crippen LogP contribution is -2.21. The van der Waals surface area contributed by atoms with Crippen molar-refractivity contribution in [2.45, 2.75) is 19.6 Å². The molecule has 0 aromatic heterocycles. The van der Waals surface area contributed by atoms with E-state index >= 15 is 0 Å². The van der Waals surface area contributed by atoms with Crippen LogP contribution in [-0.2, 0) is 6.54 Å². The Morgan fingerprint density at radius 1 is 1.20 bits per heavy atom. The number of aliphatic hydroxyl groups excluding tert-OH is 1. The molecule has 2 rings (SSSR count). The number of nitriles is 1. The van der Waals surface area contributed by atoms with Gasteiger partial charge in [0.1, 0.15) is 0 Å². The zero-order valence-electron chi connectivity index (χ0n) is 11.5. The fraction of sp³-hybridized carbons (Fsp3) is 0.235. The van der Waals surface area contributed by atoms with E-state index in [0.717, 1.165) is 16.7 Å². The summed E-state index contributed by atoms with van der Waals surface area (Å²) >= 11 is 0. The molecule has 0 fully saturated rings. The molecule has 102 valence electrons. The van der Waals surface area contributed by atoms with Crippen molar-refractivity contribution in [1.29, 1.82) is 5.26 Å². The van der Waals surface area contributed by atoms with Gasteiger partial charge in [-0.05, 0) is 35.7 Å². The number of hydrogen-bond acceptors (Lipinski definition) is 3. The van der Waals surface area contributed by atoms with E-state index in [1.807, 2.05) is 49.4 Å². The summed E-state index contributed by atoms with van der Waals surface area (Å²) in [5.41, 5.74) is 3.74. The number of nitrogens with one attached hydrogen (secondary N) is 1. The van der Waals surface area contributed by atoms with Crippen molar-refractivity contribution < 1.29 is 5.11 Å². The van der Waals surface area contributed by atoms with E-state index in [1.165, 1.54) is 0 Å². The van der Waals surface area contributed by atoms with Gasteiger partial charge < -0.3 is 10.4 Å². The van der Waals surface area contributed by atoms with Crippen molar-refractivity contribution in [3.05, 3.63) is 70.8 Å². The summed E-state index contributed by atoms with van der Waals surface area (Å²) in [6.45, 7) is 3.12. The Morgan fingerprint density at radius 2 is 2.00 bits per heavy atom. The fourth-order valence-electron chi connectivity index (χ4n) is 2.17. The second kappa shape index (κ2) is 6.85. The summed E-state index contributed by atoms with van der Waals surface area (Å²) in [5.74, 6) is 0. The minimum atomic E-state index is -0.518. The second-order valence-corrected chi connectivity index (χ2v) is 4.82. The Balaban J connectivity index is 1.90. The van der Waals surface area contributed by atoms with Gasteiger partial charge in [0.05, 0.1) is 17.7 Å². The van der Waals surface area contributed by atoms with Crippen molar-refractivity contribution in [3.8, 4) is 6.07 Å². The zero-order chi connectivity index (χ0) is 14.4. The molecule has 0 saturated carbocycles. The van der Waals surface area contributed by atoms with Crippen molar-refractivity contribution >= 4 is 0 Å². The first kappa shape index (κ1) is 14.3. The molecule has 2 N–H and O–H groups in total. The molecule has 1 atom stereocenters. The molecule has 0 amide bonds. The first-order valence-electron chi connectivity index (χ1n) is 6.64.